The number of rotatable bonds is 4. The van der Waals surface area contributed by atoms with E-state index in [1.165, 1.54) is 0 Å². The Hall–Kier alpha value is -3.81. The summed E-state index contributed by atoms with van der Waals surface area (Å²) in [6.07, 6.45) is 0. The van der Waals surface area contributed by atoms with Crippen LogP contribution in [0, 0.1) is 6.92 Å². The average Bonchev–Trinajstić information content (AvgIpc) is 3.04. The van der Waals surface area contributed by atoms with Crippen molar-refractivity contribution >= 4 is 29.1 Å². The molecule has 0 unspecified atom stereocenters. The van der Waals surface area contributed by atoms with Crippen LogP contribution in [0.25, 0.3) is 11.3 Å². The minimum atomic E-state index is -0.406. The maximum Gasteiger partial charge on any atom is 0.323 e. The molecule has 8 nitrogen and oxygen atoms in total. The van der Waals surface area contributed by atoms with Crippen molar-refractivity contribution in [3.05, 3.63) is 59.7 Å². The molecule has 0 saturated carbocycles. The van der Waals surface area contributed by atoms with Gasteiger partial charge in [-0.05, 0) is 51.5 Å². The molecule has 30 heavy (non-hydrogen) atoms. The number of hydrogen-bond donors (Lipinski definition) is 5. The molecular formula is C22H26N6O2. The third-order valence-corrected chi connectivity index (χ3v) is 4.33. The molecule has 8 heteroatoms. The fourth-order valence-corrected chi connectivity index (χ4v) is 2.92. The average molecular weight is 406 g/mol. The van der Waals surface area contributed by atoms with Crippen LogP contribution < -0.4 is 21.7 Å². The number of carbonyl (C=O) groups is 2. The van der Waals surface area contributed by atoms with Crippen molar-refractivity contribution in [2.75, 3.05) is 16.4 Å². The molecular weight excluding hydrogens is 380 g/mol. The van der Waals surface area contributed by atoms with Crippen LogP contribution in [0.1, 0.15) is 36.7 Å². The van der Waals surface area contributed by atoms with Gasteiger partial charge in [-0.15, -0.1) is 0 Å². The zero-order chi connectivity index (χ0) is 21.9. The van der Waals surface area contributed by atoms with Gasteiger partial charge in [-0.25, -0.2) is 4.79 Å². The zero-order valence-electron chi connectivity index (χ0n) is 17.5. The van der Waals surface area contributed by atoms with Crippen LogP contribution in [0.5, 0.6) is 0 Å². The molecule has 156 valence electrons. The molecule has 0 fully saturated rings. The fourth-order valence-electron chi connectivity index (χ4n) is 2.92. The SMILES string of the molecule is Cc1ccccc1NC(=O)Nc1ccc(-c2[nH]nc(N)c2C(=O)NC(C)(C)C)cc1. The van der Waals surface area contributed by atoms with Gasteiger partial charge >= 0.3 is 6.03 Å². The Kier molecular flexibility index (Phi) is 5.77. The van der Waals surface area contributed by atoms with Gasteiger partial charge in [-0.3, -0.25) is 9.89 Å². The minimum Gasteiger partial charge on any atom is -0.382 e. The Morgan fingerprint density at radius 3 is 2.30 bits per heavy atom. The quantitative estimate of drug-likeness (QED) is 0.446. The first-order valence-corrected chi connectivity index (χ1v) is 9.54. The number of nitrogens with two attached hydrogens (primary N) is 1. The third-order valence-electron chi connectivity index (χ3n) is 4.33. The van der Waals surface area contributed by atoms with Crippen LogP contribution in [0.2, 0.25) is 0 Å². The summed E-state index contributed by atoms with van der Waals surface area (Å²) < 4.78 is 0. The van der Waals surface area contributed by atoms with Crippen LogP contribution in [-0.2, 0) is 0 Å². The van der Waals surface area contributed by atoms with E-state index in [0.29, 0.717) is 16.9 Å². The third kappa shape index (κ3) is 4.96. The molecule has 0 radical (unpaired) electrons. The standard InChI is InChI=1S/C22H26N6O2/c1-13-7-5-6-8-16(13)25-21(30)24-15-11-9-14(10-12-15)18-17(19(23)28-27-18)20(29)26-22(2,3)4/h5-12H,1-4H3,(H,26,29)(H3,23,27,28)(H2,24,25,30). The van der Waals surface area contributed by atoms with E-state index in [1.807, 2.05) is 52.0 Å². The minimum absolute atomic E-state index is 0.131. The lowest BCUT2D eigenvalue weighted by atomic mass is 10.0. The summed E-state index contributed by atoms with van der Waals surface area (Å²) in [5.41, 5.74) is 9.37. The van der Waals surface area contributed by atoms with Crippen molar-refractivity contribution in [2.24, 2.45) is 0 Å². The second-order valence-electron chi connectivity index (χ2n) is 8.03. The molecule has 3 aromatic rings. The summed E-state index contributed by atoms with van der Waals surface area (Å²) in [6, 6.07) is 14.3. The number of urea groups is 1. The van der Waals surface area contributed by atoms with Crippen LogP contribution in [0.3, 0.4) is 0 Å². The number of nitrogens with zero attached hydrogens (tertiary/aromatic N) is 1. The van der Waals surface area contributed by atoms with Crippen LogP contribution >= 0.6 is 0 Å². The predicted molar refractivity (Wildman–Crippen MR) is 119 cm³/mol. The van der Waals surface area contributed by atoms with Crippen LogP contribution in [0.15, 0.2) is 48.5 Å². The molecule has 0 bridgehead atoms. The lowest BCUT2D eigenvalue weighted by Gasteiger charge is -2.20. The van der Waals surface area contributed by atoms with E-state index in [4.69, 9.17) is 5.73 Å². The largest absolute Gasteiger partial charge is 0.382 e. The number of para-hydroxylation sites is 1. The number of hydrogen-bond acceptors (Lipinski definition) is 4. The van der Waals surface area contributed by atoms with E-state index in [2.05, 4.69) is 26.1 Å². The molecule has 0 spiro atoms. The van der Waals surface area contributed by atoms with Gasteiger partial charge in [0.2, 0.25) is 0 Å². The van der Waals surface area contributed by atoms with Gasteiger partial charge in [0.1, 0.15) is 5.56 Å². The normalized spacial score (nSPS) is 11.1. The number of nitrogen functional groups attached to an aromatic ring is 1. The zero-order valence-corrected chi connectivity index (χ0v) is 17.5. The van der Waals surface area contributed by atoms with Gasteiger partial charge in [-0.1, -0.05) is 30.3 Å². The highest BCUT2D eigenvalue weighted by molar-refractivity contribution is 6.04. The number of aryl methyl sites for hydroxylation is 1. The lowest BCUT2D eigenvalue weighted by Crippen LogP contribution is -2.40. The number of nitrogens with one attached hydrogen (secondary N) is 4. The Morgan fingerprint density at radius 1 is 1.00 bits per heavy atom. The summed E-state index contributed by atoms with van der Waals surface area (Å²) in [6.45, 7) is 7.60. The first-order chi connectivity index (χ1) is 14.1. The molecule has 3 rings (SSSR count). The Balaban J connectivity index is 1.74. The number of benzene rings is 2. The van der Waals surface area contributed by atoms with Gasteiger partial charge in [-0.2, -0.15) is 5.10 Å². The fraction of sp³-hybridized carbons (Fsp3) is 0.227. The molecule has 1 heterocycles. The van der Waals surface area contributed by atoms with E-state index >= 15 is 0 Å². The molecule has 1 aromatic heterocycles. The van der Waals surface area contributed by atoms with E-state index in [1.54, 1.807) is 24.3 Å². The van der Waals surface area contributed by atoms with Crippen molar-refractivity contribution in [3.63, 3.8) is 0 Å². The first-order valence-electron chi connectivity index (χ1n) is 9.54. The molecule has 0 saturated heterocycles. The Morgan fingerprint density at radius 2 is 1.67 bits per heavy atom. The van der Waals surface area contributed by atoms with Crippen molar-refractivity contribution in [1.29, 1.82) is 0 Å². The summed E-state index contributed by atoms with van der Waals surface area (Å²) in [4.78, 5) is 24.9. The molecule has 0 aliphatic carbocycles. The van der Waals surface area contributed by atoms with Gasteiger partial charge in [0.15, 0.2) is 5.82 Å². The summed E-state index contributed by atoms with van der Waals surface area (Å²) in [5, 5.41) is 15.3. The van der Waals surface area contributed by atoms with Crippen LogP contribution in [-0.4, -0.2) is 27.7 Å². The van der Waals surface area contributed by atoms with Crippen molar-refractivity contribution in [1.82, 2.24) is 15.5 Å². The first kappa shape index (κ1) is 20.9. The second kappa shape index (κ2) is 8.28. The molecule has 2 aromatic carbocycles. The van der Waals surface area contributed by atoms with E-state index in [9.17, 15) is 9.59 Å². The van der Waals surface area contributed by atoms with E-state index < -0.39 is 5.54 Å². The number of anilines is 3. The maximum atomic E-state index is 12.6. The smallest absolute Gasteiger partial charge is 0.323 e. The molecule has 0 aliphatic rings. The number of H-pyrrole nitrogens is 1. The van der Waals surface area contributed by atoms with Crippen LogP contribution in [0.4, 0.5) is 22.0 Å². The molecule has 6 N–H and O–H groups in total. The van der Waals surface area contributed by atoms with E-state index in [0.717, 1.165) is 16.8 Å². The highest BCUT2D eigenvalue weighted by Crippen LogP contribution is 2.27. The summed E-state index contributed by atoms with van der Waals surface area (Å²) in [5.74, 6) is -0.171. The monoisotopic (exact) mass is 406 g/mol. The Labute approximate surface area is 175 Å². The molecule has 3 amide bonds. The highest BCUT2D eigenvalue weighted by Gasteiger charge is 2.23. The van der Waals surface area contributed by atoms with Gasteiger partial charge in [0, 0.05) is 22.5 Å². The van der Waals surface area contributed by atoms with Gasteiger partial charge < -0.3 is 21.7 Å². The summed E-state index contributed by atoms with van der Waals surface area (Å²) >= 11 is 0. The maximum absolute atomic E-state index is 12.6. The topological polar surface area (TPSA) is 125 Å². The van der Waals surface area contributed by atoms with Crippen molar-refractivity contribution < 1.29 is 9.59 Å². The van der Waals surface area contributed by atoms with Crippen molar-refractivity contribution in [3.8, 4) is 11.3 Å². The number of aromatic nitrogens is 2. The lowest BCUT2D eigenvalue weighted by molar-refractivity contribution is 0.0921. The van der Waals surface area contributed by atoms with E-state index in [-0.39, 0.29) is 17.8 Å². The molecule has 0 atom stereocenters. The van der Waals surface area contributed by atoms with Crippen molar-refractivity contribution in [2.45, 2.75) is 33.2 Å². The number of amides is 3. The second-order valence-corrected chi connectivity index (χ2v) is 8.03. The number of carbonyl (C=O) groups excluding carboxylic acids is 2. The Bertz CT molecular complexity index is 1060. The molecule has 0 aliphatic heterocycles. The van der Waals surface area contributed by atoms with Gasteiger partial charge in [0.05, 0.1) is 5.69 Å². The summed E-state index contributed by atoms with van der Waals surface area (Å²) in [7, 11) is 0. The number of aromatic amines is 1. The predicted octanol–water partition coefficient (Wildman–Crippen LogP) is 4.14. The highest BCUT2D eigenvalue weighted by atomic mass is 16.2. The van der Waals surface area contributed by atoms with Gasteiger partial charge in [0.25, 0.3) is 5.91 Å².